The van der Waals surface area contributed by atoms with E-state index in [1.807, 2.05) is 19.9 Å². The predicted molar refractivity (Wildman–Crippen MR) is 76.1 cm³/mol. The van der Waals surface area contributed by atoms with E-state index in [0.717, 1.165) is 11.4 Å². The molecule has 1 unspecified atom stereocenters. The van der Waals surface area contributed by atoms with Gasteiger partial charge >= 0.3 is 5.97 Å². The van der Waals surface area contributed by atoms with Gasteiger partial charge in [-0.25, -0.2) is 4.79 Å². The Morgan fingerprint density at radius 1 is 1.39 bits per heavy atom. The fourth-order valence-electron chi connectivity index (χ4n) is 1.64. The predicted octanol–water partition coefficient (Wildman–Crippen LogP) is 3.26. The molecule has 3 nitrogen and oxygen atoms in total. The first-order chi connectivity index (χ1) is 8.40. The van der Waals surface area contributed by atoms with Crippen molar-refractivity contribution in [3.05, 3.63) is 21.9 Å². The van der Waals surface area contributed by atoms with E-state index in [4.69, 9.17) is 4.74 Å². The number of thiophene rings is 1. The first-order valence-electron chi connectivity index (χ1n) is 6.40. The molecule has 0 fully saturated rings. The van der Waals surface area contributed by atoms with E-state index in [9.17, 15) is 4.79 Å². The molecule has 0 aromatic carbocycles. The molecule has 0 aliphatic rings. The first kappa shape index (κ1) is 15.2. The van der Waals surface area contributed by atoms with Crippen LogP contribution in [0.3, 0.4) is 0 Å². The maximum absolute atomic E-state index is 11.9. The summed E-state index contributed by atoms with van der Waals surface area (Å²) in [4.78, 5) is 14.2. The Labute approximate surface area is 114 Å². The van der Waals surface area contributed by atoms with Crippen LogP contribution < -0.4 is 5.32 Å². The van der Waals surface area contributed by atoms with Crippen molar-refractivity contribution < 1.29 is 9.53 Å². The zero-order chi connectivity index (χ0) is 13.8. The van der Waals surface area contributed by atoms with Gasteiger partial charge in [0.15, 0.2) is 0 Å². The van der Waals surface area contributed by atoms with Gasteiger partial charge in [0, 0.05) is 9.75 Å². The third-order valence-electron chi connectivity index (χ3n) is 2.58. The largest absolute Gasteiger partial charge is 0.465 e. The molecule has 1 aromatic heterocycles. The number of esters is 1. The smallest absolute Gasteiger partial charge is 0.328 e. The average Bonchev–Trinajstić information content (AvgIpc) is 2.74. The van der Waals surface area contributed by atoms with Gasteiger partial charge in [0.05, 0.1) is 6.61 Å². The molecule has 102 valence electrons. The van der Waals surface area contributed by atoms with Crippen LogP contribution in [0.2, 0.25) is 0 Å². The van der Waals surface area contributed by atoms with Crippen molar-refractivity contribution in [2.45, 2.75) is 46.1 Å². The van der Waals surface area contributed by atoms with Crippen LogP contribution >= 0.6 is 11.3 Å². The van der Waals surface area contributed by atoms with Gasteiger partial charge in [0.2, 0.25) is 0 Å². The number of rotatable bonds is 5. The van der Waals surface area contributed by atoms with E-state index < -0.39 is 0 Å². The lowest BCUT2D eigenvalue weighted by atomic mass is 9.95. The van der Waals surface area contributed by atoms with Crippen molar-refractivity contribution in [3.8, 4) is 0 Å². The molecular formula is C14H23NO2S. The number of ether oxygens (including phenoxy) is 1. The van der Waals surface area contributed by atoms with Crippen LogP contribution in [0.1, 0.15) is 50.4 Å². The summed E-state index contributed by atoms with van der Waals surface area (Å²) in [7, 11) is 0. The number of hydrogen-bond donors (Lipinski definition) is 1. The molecular weight excluding hydrogens is 246 g/mol. The van der Waals surface area contributed by atoms with Crippen molar-refractivity contribution in [2.75, 3.05) is 13.2 Å². The molecule has 0 aliphatic heterocycles. The SMILES string of the molecule is CCNC(C(=O)OCC)c1ccc(C(C)(C)C)s1. The Hall–Kier alpha value is -0.870. The maximum Gasteiger partial charge on any atom is 0.328 e. The summed E-state index contributed by atoms with van der Waals surface area (Å²) in [5.41, 5.74) is 0.119. The van der Waals surface area contributed by atoms with E-state index in [1.54, 1.807) is 11.3 Å². The van der Waals surface area contributed by atoms with Gasteiger partial charge in [0.1, 0.15) is 6.04 Å². The van der Waals surface area contributed by atoms with Crippen LogP contribution in [0.4, 0.5) is 0 Å². The summed E-state index contributed by atoms with van der Waals surface area (Å²) in [6, 6.07) is 3.79. The highest BCUT2D eigenvalue weighted by Gasteiger charge is 2.25. The van der Waals surface area contributed by atoms with Crippen molar-refractivity contribution in [3.63, 3.8) is 0 Å². The number of carbonyl (C=O) groups excluding carboxylic acids is 1. The molecule has 4 heteroatoms. The fourth-order valence-corrected chi connectivity index (χ4v) is 2.77. The Morgan fingerprint density at radius 3 is 2.50 bits per heavy atom. The van der Waals surface area contributed by atoms with E-state index in [1.165, 1.54) is 4.88 Å². The van der Waals surface area contributed by atoms with Crippen LogP contribution in [-0.2, 0) is 14.9 Å². The van der Waals surface area contributed by atoms with E-state index in [2.05, 4.69) is 32.2 Å². The highest BCUT2D eigenvalue weighted by molar-refractivity contribution is 7.12. The molecule has 0 saturated heterocycles. The Kier molecular flexibility index (Phi) is 5.35. The zero-order valence-corrected chi connectivity index (χ0v) is 12.7. The van der Waals surface area contributed by atoms with E-state index in [-0.39, 0.29) is 17.4 Å². The van der Waals surface area contributed by atoms with Crippen molar-refractivity contribution in [1.82, 2.24) is 5.32 Å². The van der Waals surface area contributed by atoms with Gasteiger partial charge < -0.3 is 10.1 Å². The number of nitrogens with one attached hydrogen (secondary N) is 1. The molecule has 18 heavy (non-hydrogen) atoms. The minimum Gasteiger partial charge on any atom is -0.465 e. The monoisotopic (exact) mass is 269 g/mol. The molecule has 0 bridgehead atoms. The van der Waals surface area contributed by atoms with Crippen LogP contribution in [0.25, 0.3) is 0 Å². The Bertz CT molecular complexity index is 393. The summed E-state index contributed by atoms with van der Waals surface area (Å²) in [6.07, 6.45) is 0. The molecule has 1 atom stereocenters. The zero-order valence-electron chi connectivity index (χ0n) is 11.9. The summed E-state index contributed by atoms with van der Waals surface area (Å²) in [5, 5.41) is 3.18. The average molecular weight is 269 g/mol. The lowest BCUT2D eigenvalue weighted by Gasteiger charge is -2.17. The number of hydrogen-bond acceptors (Lipinski definition) is 4. The van der Waals surface area contributed by atoms with E-state index >= 15 is 0 Å². The Morgan fingerprint density at radius 2 is 2.06 bits per heavy atom. The van der Waals surface area contributed by atoms with Gasteiger partial charge in [-0.05, 0) is 31.0 Å². The second-order valence-corrected chi connectivity index (χ2v) is 6.31. The molecule has 0 amide bonds. The molecule has 1 aromatic rings. The third kappa shape index (κ3) is 3.82. The molecule has 0 saturated carbocycles. The molecule has 0 spiro atoms. The van der Waals surface area contributed by atoms with Gasteiger partial charge in [-0.15, -0.1) is 11.3 Å². The lowest BCUT2D eigenvalue weighted by Crippen LogP contribution is -2.29. The van der Waals surface area contributed by atoms with Gasteiger partial charge in [-0.1, -0.05) is 27.7 Å². The second kappa shape index (κ2) is 6.34. The summed E-state index contributed by atoms with van der Waals surface area (Å²) in [5.74, 6) is -0.193. The molecule has 1 rings (SSSR count). The van der Waals surface area contributed by atoms with Crippen LogP contribution in [0.15, 0.2) is 12.1 Å². The van der Waals surface area contributed by atoms with Crippen molar-refractivity contribution >= 4 is 17.3 Å². The first-order valence-corrected chi connectivity index (χ1v) is 7.22. The standard InChI is InChI=1S/C14H23NO2S/c1-6-15-12(13(16)17-7-2)10-8-9-11(18-10)14(3,4)5/h8-9,12,15H,6-7H2,1-5H3. The van der Waals surface area contributed by atoms with Gasteiger partial charge in [-0.3, -0.25) is 0 Å². The lowest BCUT2D eigenvalue weighted by molar-refractivity contribution is -0.145. The normalized spacial score (nSPS) is 13.4. The van der Waals surface area contributed by atoms with Crippen LogP contribution in [0.5, 0.6) is 0 Å². The van der Waals surface area contributed by atoms with Gasteiger partial charge in [-0.2, -0.15) is 0 Å². The summed E-state index contributed by atoms with van der Waals surface area (Å²) in [6.45, 7) is 11.5. The number of carbonyl (C=O) groups is 1. The topological polar surface area (TPSA) is 38.3 Å². The summed E-state index contributed by atoms with van der Waals surface area (Å²) < 4.78 is 5.11. The molecule has 0 aliphatic carbocycles. The summed E-state index contributed by atoms with van der Waals surface area (Å²) >= 11 is 1.68. The van der Waals surface area contributed by atoms with Gasteiger partial charge in [0.25, 0.3) is 0 Å². The molecule has 1 N–H and O–H groups in total. The second-order valence-electron chi connectivity index (χ2n) is 5.19. The highest BCUT2D eigenvalue weighted by Crippen LogP contribution is 2.32. The highest BCUT2D eigenvalue weighted by atomic mass is 32.1. The van der Waals surface area contributed by atoms with Crippen molar-refractivity contribution in [2.24, 2.45) is 0 Å². The quantitative estimate of drug-likeness (QED) is 0.834. The van der Waals surface area contributed by atoms with Crippen molar-refractivity contribution in [1.29, 1.82) is 0 Å². The van der Waals surface area contributed by atoms with E-state index in [0.29, 0.717) is 6.61 Å². The van der Waals surface area contributed by atoms with Crippen LogP contribution in [-0.4, -0.2) is 19.1 Å². The third-order valence-corrected chi connectivity index (χ3v) is 4.16. The molecule has 1 heterocycles. The number of likely N-dealkylation sites (N-methyl/N-ethyl adjacent to an activating group) is 1. The minimum atomic E-state index is -0.337. The van der Waals surface area contributed by atoms with Crippen LogP contribution in [0, 0.1) is 0 Å². The maximum atomic E-state index is 11.9. The molecule has 0 radical (unpaired) electrons. The fraction of sp³-hybridized carbons (Fsp3) is 0.643. The minimum absolute atomic E-state index is 0.119. The Balaban J connectivity index is 2.92.